The predicted molar refractivity (Wildman–Crippen MR) is 160 cm³/mol. The number of nitrogens with one attached hydrogen (secondary N) is 3. The van der Waals surface area contributed by atoms with Crippen LogP contribution in [0.4, 0.5) is 4.79 Å². The maximum absolute atomic E-state index is 14.0. The van der Waals surface area contributed by atoms with Crippen molar-refractivity contribution in [2.24, 2.45) is 17.1 Å². The molecule has 1 unspecified atom stereocenters. The van der Waals surface area contributed by atoms with Crippen molar-refractivity contribution < 1.29 is 32.4 Å². The number of nitrogens with two attached hydrogens (primary N) is 1. The molecule has 0 aliphatic heterocycles. The van der Waals surface area contributed by atoms with Crippen molar-refractivity contribution in [2.75, 3.05) is 18.6 Å². The Morgan fingerprint density at radius 1 is 1.00 bits per heavy atom. The first-order valence-corrected chi connectivity index (χ1v) is 17.2. The van der Waals surface area contributed by atoms with Crippen LogP contribution in [0.15, 0.2) is 0 Å². The zero-order valence-corrected chi connectivity index (χ0v) is 26.9. The standard InChI is InChI=1S/C29H51N5O7S/c1-7-16-34(19(2)25(37)31-21(22(35)24(30)36)17-20-12-11-13-20)26(38)23(28(3,4)5)32-27(39)33-29(18-42(6,40)41)14-9-8-10-15-29/h19-21,23H,7-18H2,1-6H3,(H2,30,36)(H,31,37)(H2,32,33,39)/t19-,21?,23+/m0/s1. The quantitative estimate of drug-likeness (QED) is 0.215. The number of hydrogen-bond acceptors (Lipinski definition) is 7. The number of amides is 5. The molecule has 2 rings (SSSR count). The van der Waals surface area contributed by atoms with Gasteiger partial charge in [0.05, 0.1) is 17.3 Å². The number of carbonyl (C=O) groups excluding carboxylic acids is 5. The summed E-state index contributed by atoms with van der Waals surface area (Å²) in [6.45, 7) is 8.97. The van der Waals surface area contributed by atoms with Crippen LogP contribution in [0.2, 0.25) is 0 Å². The molecule has 2 fully saturated rings. The molecule has 2 aliphatic carbocycles. The molecule has 42 heavy (non-hydrogen) atoms. The van der Waals surface area contributed by atoms with Crippen molar-refractivity contribution in [3.63, 3.8) is 0 Å². The highest BCUT2D eigenvalue weighted by atomic mass is 32.2. The first-order valence-electron chi connectivity index (χ1n) is 15.1. The number of hydrogen-bond donors (Lipinski definition) is 4. The highest BCUT2D eigenvalue weighted by molar-refractivity contribution is 7.90. The van der Waals surface area contributed by atoms with Gasteiger partial charge in [-0.15, -0.1) is 0 Å². The van der Waals surface area contributed by atoms with Crippen LogP contribution in [-0.4, -0.2) is 85.1 Å². The molecule has 0 radical (unpaired) electrons. The van der Waals surface area contributed by atoms with Crippen molar-refractivity contribution in [1.82, 2.24) is 20.9 Å². The highest BCUT2D eigenvalue weighted by Crippen LogP contribution is 2.31. The van der Waals surface area contributed by atoms with Crippen molar-refractivity contribution in [3.05, 3.63) is 0 Å². The fourth-order valence-corrected chi connectivity index (χ4v) is 7.26. The Morgan fingerprint density at radius 3 is 2.05 bits per heavy atom. The lowest BCUT2D eigenvalue weighted by Gasteiger charge is -2.40. The minimum atomic E-state index is -3.39. The molecule has 0 saturated heterocycles. The molecule has 13 heteroatoms. The number of primary amides is 1. The molecule has 0 aromatic rings. The molecule has 5 amide bonds. The van der Waals surface area contributed by atoms with E-state index in [-0.39, 0.29) is 18.2 Å². The van der Waals surface area contributed by atoms with E-state index in [1.165, 1.54) is 4.90 Å². The molecule has 12 nitrogen and oxygen atoms in total. The Bertz CT molecular complexity index is 1110. The summed E-state index contributed by atoms with van der Waals surface area (Å²) in [6, 6.07) is -3.76. The minimum Gasteiger partial charge on any atom is -0.363 e. The van der Waals surface area contributed by atoms with Gasteiger partial charge < -0.3 is 26.6 Å². The lowest BCUT2D eigenvalue weighted by atomic mass is 9.80. The number of sulfone groups is 1. The van der Waals surface area contributed by atoms with Gasteiger partial charge in [0.2, 0.25) is 17.6 Å². The second-order valence-corrected chi connectivity index (χ2v) is 15.5. The predicted octanol–water partition coefficient (Wildman–Crippen LogP) is 1.80. The van der Waals surface area contributed by atoms with Crippen LogP contribution in [-0.2, 0) is 29.0 Å². The second-order valence-electron chi connectivity index (χ2n) is 13.3. The third kappa shape index (κ3) is 10.2. The van der Waals surface area contributed by atoms with Crippen molar-refractivity contribution in [1.29, 1.82) is 0 Å². The molecular formula is C29H51N5O7S. The van der Waals surface area contributed by atoms with Crippen molar-refractivity contribution >= 4 is 39.4 Å². The highest BCUT2D eigenvalue weighted by Gasteiger charge is 2.42. The van der Waals surface area contributed by atoms with E-state index in [2.05, 4.69) is 16.0 Å². The van der Waals surface area contributed by atoms with Gasteiger partial charge in [-0.05, 0) is 43.9 Å². The maximum atomic E-state index is 14.0. The summed E-state index contributed by atoms with van der Waals surface area (Å²) in [7, 11) is -3.39. The van der Waals surface area contributed by atoms with Gasteiger partial charge in [-0.1, -0.05) is 66.2 Å². The molecule has 2 saturated carbocycles. The van der Waals surface area contributed by atoms with Crippen LogP contribution >= 0.6 is 0 Å². The van der Waals surface area contributed by atoms with E-state index in [9.17, 15) is 32.4 Å². The van der Waals surface area contributed by atoms with Gasteiger partial charge in [-0.2, -0.15) is 0 Å². The van der Waals surface area contributed by atoms with Crippen LogP contribution in [0.5, 0.6) is 0 Å². The SMILES string of the molecule is CCCN(C(=O)[C@@H](NC(=O)NC1(CS(C)(=O)=O)CCCCC1)C(C)(C)C)[C@@H](C)C(=O)NC(CC1CCC1)C(=O)C(N)=O. The number of carbonyl (C=O) groups is 5. The van der Waals surface area contributed by atoms with E-state index in [1.807, 2.05) is 6.92 Å². The lowest BCUT2D eigenvalue weighted by Crippen LogP contribution is -2.63. The Hall–Kier alpha value is -2.70. The first-order chi connectivity index (χ1) is 19.4. The number of nitrogens with zero attached hydrogens (tertiary/aromatic N) is 1. The Balaban J connectivity index is 2.24. The molecule has 0 spiro atoms. The Kier molecular flexibility index (Phi) is 12.4. The fraction of sp³-hybridized carbons (Fsp3) is 0.828. The molecule has 0 heterocycles. The molecule has 5 N–H and O–H groups in total. The van der Waals surface area contributed by atoms with Gasteiger partial charge >= 0.3 is 6.03 Å². The summed E-state index contributed by atoms with van der Waals surface area (Å²) >= 11 is 0. The van der Waals surface area contributed by atoms with Gasteiger partial charge in [0.25, 0.3) is 5.91 Å². The summed E-state index contributed by atoms with van der Waals surface area (Å²) in [5.41, 5.74) is 3.56. The maximum Gasteiger partial charge on any atom is 0.315 e. The van der Waals surface area contributed by atoms with Crippen LogP contribution in [0, 0.1) is 11.3 Å². The molecule has 3 atom stereocenters. The van der Waals surface area contributed by atoms with Gasteiger partial charge in [0.15, 0.2) is 0 Å². The Morgan fingerprint density at radius 2 is 1.60 bits per heavy atom. The zero-order chi connectivity index (χ0) is 31.9. The summed E-state index contributed by atoms with van der Waals surface area (Å²) < 4.78 is 24.4. The van der Waals surface area contributed by atoms with Crippen LogP contribution < -0.4 is 21.7 Å². The van der Waals surface area contributed by atoms with Crippen LogP contribution in [0.25, 0.3) is 0 Å². The van der Waals surface area contributed by atoms with E-state index >= 15 is 0 Å². The lowest BCUT2D eigenvalue weighted by molar-refractivity contribution is -0.144. The molecule has 0 bridgehead atoms. The van der Waals surface area contributed by atoms with Crippen LogP contribution in [0.1, 0.15) is 98.8 Å². The molecule has 2 aliphatic rings. The third-order valence-electron chi connectivity index (χ3n) is 8.38. The average molecular weight is 614 g/mol. The first kappa shape index (κ1) is 35.5. The summed E-state index contributed by atoms with van der Waals surface area (Å²) in [5, 5.41) is 8.32. The smallest absolute Gasteiger partial charge is 0.315 e. The third-order valence-corrected chi connectivity index (χ3v) is 9.46. The number of Topliss-reactive ketones (excluding diaryl/α,β-unsaturated/α-hetero) is 1. The van der Waals surface area contributed by atoms with Gasteiger partial charge in [0, 0.05) is 12.8 Å². The number of rotatable bonds is 14. The number of ketones is 1. The number of urea groups is 1. The largest absolute Gasteiger partial charge is 0.363 e. The zero-order valence-electron chi connectivity index (χ0n) is 26.1. The van der Waals surface area contributed by atoms with Crippen LogP contribution in [0.3, 0.4) is 0 Å². The topological polar surface area (TPSA) is 185 Å². The molecule has 0 aromatic heterocycles. The minimum absolute atomic E-state index is 0.188. The van der Waals surface area contributed by atoms with Gasteiger partial charge in [-0.3, -0.25) is 19.2 Å². The average Bonchev–Trinajstić information content (AvgIpc) is 2.84. The fourth-order valence-electron chi connectivity index (χ4n) is 5.89. The van der Waals surface area contributed by atoms with E-state index in [0.717, 1.165) is 44.8 Å². The summed E-state index contributed by atoms with van der Waals surface area (Å²) in [6.07, 6.45) is 8.38. The molecule has 240 valence electrons. The van der Waals surface area contributed by atoms with Gasteiger partial charge in [0.1, 0.15) is 21.9 Å². The van der Waals surface area contributed by atoms with Crippen molar-refractivity contribution in [2.45, 2.75) is 122 Å². The molecule has 0 aromatic carbocycles. The van der Waals surface area contributed by atoms with E-state index < -0.39 is 68.5 Å². The monoisotopic (exact) mass is 613 g/mol. The summed E-state index contributed by atoms with van der Waals surface area (Å²) in [4.78, 5) is 66.2. The van der Waals surface area contributed by atoms with E-state index in [4.69, 9.17) is 5.73 Å². The second kappa shape index (κ2) is 14.7. The van der Waals surface area contributed by atoms with Crippen molar-refractivity contribution in [3.8, 4) is 0 Å². The van der Waals surface area contributed by atoms with E-state index in [0.29, 0.717) is 25.7 Å². The van der Waals surface area contributed by atoms with Gasteiger partial charge in [-0.25, -0.2) is 13.2 Å². The summed E-state index contributed by atoms with van der Waals surface area (Å²) in [5.74, 6) is -3.05. The normalized spacial score (nSPS) is 19.4. The molecular weight excluding hydrogens is 562 g/mol. The Labute approximate surface area is 250 Å². The van der Waals surface area contributed by atoms with E-state index in [1.54, 1.807) is 27.7 Å².